The number of amides is 1. The second kappa shape index (κ2) is 10.6. The molecule has 0 spiro atoms. The maximum atomic E-state index is 13.2. The van der Waals surface area contributed by atoms with E-state index in [1.165, 1.54) is 4.90 Å². The molecule has 3 aromatic rings. The van der Waals surface area contributed by atoms with Gasteiger partial charge in [-0.05, 0) is 48.2 Å². The van der Waals surface area contributed by atoms with Gasteiger partial charge in [0.25, 0.3) is 11.7 Å². The van der Waals surface area contributed by atoms with Crippen molar-refractivity contribution < 1.29 is 19.4 Å². The minimum atomic E-state index is -0.748. The number of carbonyl (C=O) groups is 2. The largest absolute Gasteiger partial charge is 0.507 e. The Morgan fingerprint density at radius 3 is 2.50 bits per heavy atom. The molecular weight excluding hydrogens is 450 g/mol. The molecule has 4 rings (SSSR count). The van der Waals surface area contributed by atoms with E-state index in [0.717, 1.165) is 12.0 Å². The fourth-order valence-corrected chi connectivity index (χ4v) is 4.34. The normalized spacial score (nSPS) is 17.2. The highest BCUT2D eigenvalue weighted by Crippen LogP contribution is 2.40. The number of halogens is 1. The molecule has 1 unspecified atom stereocenters. The van der Waals surface area contributed by atoms with Gasteiger partial charge in [-0.2, -0.15) is 0 Å². The van der Waals surface area contributed by atoms with Gasteiger partial charge in [0.1, 0.15) is 11.5 Å². The van der Waals surface area contributed by atoms with Crippen LogP contribution in [0.15, 0.2) is 84.4 Å². The van der Waals surface area contributed by atoms with Crippen molar-refractivity contribution in [3.8, 4) is 5.75 Å². The maximum absolute atomic E-state index is 13.2. The maximum Gasteiger partial charge on any atom is 0.295 e. The number of ketones is 1. The number of Topliss-reactive ketones (excluding diaryl/α,β-unsaturated/α-hetero) is 1. The van der Waals surface area contributed by atoms with Crippen molar-refractivity contribution >= 4 is 29.1 Å². The monoisotopic (exact) mass is 475 g/mol. The smallest absolute Gasteiger partial charge is 0.295 e. The van der Waals surface area contributed by atoms with Crippen molar-refractivity contribution in [2.45, 2.75) is 25.8 Å². The molecule has 1 N–H and O–H groups in total. The minimum absolute atomic E-state index is 0.0490. The third kappa shape index (κ3) is 5.00. The summed E-state index contributed by atoms with van der Waals surface area (Å²) >= 11 is 6.25. The first-order valence-corrected chi connectivity index (χ1v) is 11.7. The van der Waals surface area contributed by atoms with Gasteiger partial charge in [0.15, 0.2) is 0 Å². The van der Waals surface area contributed by atoms with Gasteiger partial charge in [-0.15, -0.1) is 0 Å². The lowest BCUT2D eigenvalue weighted by Gasteiger charge is -2.25. The second-order valence-corrected chi connectivity index (χ2v) is 8.60. The molecule has 1 fully saturated rings. The van der Waals surface area contributed by atoms with Crippen molar-refractivity contribution in [1.29, 1.82) is 0 Å². The van der Waals surface area contributed by atoms with E-state index in [1.807, 2.05) is 43.3 Å². The average molecular weight is 476 g/mol. The van der Waals surface area contributed by atoms with E-state index >= 15 is 0 Å². The number of likely N-dealkylation sites (tertiary alicyclic amines) is 1. The first kappa shape index (κ1) is 23.6. The van der Waals surface area contributed by atoms with E-state index in [4.69, 9.17) is 16.3 Å². The predicted molar refractivity (Wildman–Crippen MR) is 133 cm³/mol. The Morgan fingerprint density at radius 1 is 1.00 bits per heavy atom. The first-order valence-electron chi connectivity index (χ1n) is 11.3. The van der Waals surface area contributed by atoms with E-state index in [-0.39, 0.29) is 11.3 Å². The summed E-state index contributed by atoms with van der Waals surface area (Å²) in [7, 11) is 0. The molecule has 3 aromatic carbocycles. The van der Waals surface area contributed by atoms with Crippen LogP contribution in [0.1, 0.15) is 36.1 Å². The molecule has 0 radical (unpaired) electrons. The average Bonchev–Trinajstić information content (AvgIpc) is 3.11. The van der Waals surface area contributed by atoms with Crippen LogP contribution in [0.5, 0.6) is 5.75 Å². The second-order valence-electron chi connectivity index (χ2n) is 8.16. The van der Waals surface area contributed by atoms with Gasteiger partial charge >= 0.3 is 0 Å². The molecule has 0 saturated carbocycles. The first-order chi connectivity index (χ1) is 16.5. The molecule has 0 aromatic heterocycles. The number of carbonyl (C=O) groups excluding carboxylic acids is 2. The summed E-state index contributed by atoms with van der Waals surface area (Å²) in [5.74, 6) is -0.993. The summed E-state index contributed by atoms with van der Waals surface area (Å²) in [4.78, 5) is 27.8. The fourth-order valence-electron chi connectivity index (χ4n) is 4.14. The van der Waals surface area contributed by atoms with Crippen LogP contribution in [0.2, 0.25) is 5.02 Å². The third-order valence-corrected chi connectivity index (χ3v) is 6.00. The van der Waals surface area contributed by atoms with Crippen molar-refractivity contribution in [1.82, 2.24) is 4.90 Å². The zero-order valence-corrected chi connectivity index (χ0v) is 19.7. The fraction of sp³-hybridized carbons (Fsp3) is 0.214. The Morgan fingerprint density at radius 2 is 1.76 bits per heavy atom. The number of aliphatic hydroxyl groups is 1. The highest BCUT2D eigenvalue weighted by Gasteiger charge is 2.45. The van der Waals surface area contributed by atoms with Gasteiger partial charge in [0, 0.05) is 17.1 Å². The van der Waals surface area contributed by atoms with Crippen LogP contribution in [-0.2, 0) is 16.0 Å². The zero-order chi connectivity index (χ0) is 24.1. The topological polar surface area (TPSA) is 66.8 Å². The van der Waals surface area contributed by atoms with Crippen LogP contribution in [0.3, 0.4) is 0 Å². The summed E-state index contributed by atoms with van der Waals surface area (Å²) in [5.41, 5.74) is 2.18. The lowest BCUT2D eigenvalue weighted by atomic mass is 9.95. The number of aliphatic hydroxyl groups excluding tert-OH is 1. The molecule has 34 heavy (non-hydrogen) atoms. The van der Waals surface area contributed by atoms with Crippen LogP contribution in [0.4, 0.5) is 0 Å². The SMILES string of the molecule is CCCOc1cccc(C(O)=C2C(=O)C(=O)N(CCc3ccccc3)C2c2cccc(Cl)c2)c1. The van der Waals surface area contributed by atoms with Gasteiger partial charge in [0.2, 0.25) is 0 Å². The van der Waals surface area contributed by atoms with Crippen molar-refractivity contribution in [3.63, 3.8) is 0 Å². The molecule has 6 heteroatoms. The number of hydrogen-bond donors (Lipinski definition) is 1. The Kier molecular flexibility index (Phi) is 7.33. The van der Waals surface area contributed by atoms with E-state index in [9.17, 15) is 14.7 Å². The lowest BCUT2D eigenvalue weighted by Crippen LogP contribution is -2.31. The van der Waals surface area contributed by atoms with Crippen LogP contribution in [-0.4, -0.2) is 34.8 Å². The van der Waals surface area contributed by atoms with Crippen molar-refractivity contribution in [2.24, 2.45) is 0 Å². The van der Waals surface area contributed by atoms with E-state index in [1.54, 1.807) is 42.5 Å². The Balaban J connectivity index is 1.76. The summed E-state index contributed by atoms with van der Waals surface area (Å²) in [6.07, 6.45) is 1.42. The van der Waals surface area contributed by atoms with E-state index < -0.39 is 17.7 Å². The van der Waals surface area contributed by atoms with Crippen LogP contribution in [0, 0.1) is 0 Å². The highest BCUT2D eigenvalue weighted by atomic mass is 35.5. The van der Waals surface area contributed by atoms with Crippen molar-refractivity contribution in [3.05, 3.63) is 106 Å². The molecule has 1 atom stereocenters. The third-order valence-electron chi connectivity index (χ3n) is 5.77. The van der Waals surface area contributed by atoms with Crippen molar-refractivity contribution in [2.75, 3.05) is 13.2 Å². The van der Waals surface area contributed by atoms with Gasteiger partial charge in [-0.25, -0.2) is 0 Å². The molecular formula is C28H26ClNO4. The summed E-state index contributed by atoms with van der Waals surface area (Å²) < 4.78 is 5.68. The molecule has 174 valence electrons. The number of hydrogen-bond acceptors (Lipinski definition) is 4. The molecule has 1 amide bonds. The van der Waals surface area contributed by atoms with Crippen LogP contribution in [0.25, 0.3) is 5.76 Å². The molecule has 1 aliphatic rings. The standard InChI is InChI=1S/C28H26ClNO4/c1-2-16-34-23-13-7-11-21(18-23)26(31)24-25(20-10-6-12-22(29)17-20)30(28(33)27(24)32)15-14-19-8-4-3-5-9-19/h3-13,17-18,25,31H,2,14-16H2,1H3. The molecule has 0 bridgehead atoms. The molecule has 1 saturated heterocycles. The molecule has 5 nitrogen and oxygen atoms in total. The van der Waals surface area contributed by atoms with Crippen LogP contribution < -0.4 is 4.74 Å². The lowest BCUT2D eigenvalue weighted by molar-refractivity contribution is -0.139. The highest BCUT2D eigenvalue weighted by molar-refractivity contribution is 6.46. The number of rotatable bonds is 8. The Labute approximate surface area is 204 Å². The number of nitrogens with zero attached hydrogens (tertiary/aromatic N) is 1. The van der Waals surface area contributed by atoms with Gasteiger partial charge < -0.3 is 14.7 Å². The molecule has 1 heterocycles. The number of benzene rings is 3. The van der Waals surface area contributed by atoms with Gasteiger partial charge in [-0.3, -0.25) is 9.59 Å². The predicted octanol–water partition coefficient (Wildman–Crippen LogP) is 5.79. The van der Waals surface area contributed by atoms with E-state index in [0.29, 0.717) is 41.5 Å². The van der Waals surface area contributed by atoms with Gasteiger partial charge in [-0.1, -0.05) is 73.1 Å². The molecule has 0 aliphatic carbocycles. The number of ether oxygens (including phenoxy) is 1. The van der Waals surface area contributed by atoms with Crippen LogP contribution >= 0.6 is 11.6 Å². The summed E-state index contributed by atoms with van der Waals surface area (Å²) in [5, 5.41) is 11.7. The Bertz CT molecular complexity index is 1220. The minimum Gasteiger partial charge on any atom is -0.507 e. The quantitative estimate of drug-likeness (QED) is 0.254. The van der Waals surface area contributed by atoms with E-state index in [2.05, 4.69) is 0 Å². The van der Waals surface area contributed by atoms with Gasteiger partial charge in [0.05, 0.1) is 18.2 Å². The zero-order valence-electron chi connectivity index (χ0n) is 18.9. The molecule has 1 aliphatic heterocycles. The Hall–Kier alpha value is -3.57. The summed E-state index contributed by atoms with van der Waals surface area (Å²) in [6.45, 7) is 2.87. The summed E-state index contributed by atoms with van der Waals surface area (Å²) in [6, 6.07) is 23.0.